The molecular weight excluding hydrogens is 298 g/mol. The van der Waals surface area contributed by atoms with Gasteiger partial charge in [0.2, 0.25) is 0 Å². The van der Waals surface area contributed by atoms with Crippen LogP contribution in [0.3, 0.4) is 0 Å². The Balaban J connectivity index is 1.94. The van der Waals surface area contributed by atoms with Crippen molar-refractivity contribution >= 4 is 34.9 Å². The highest BCUT2D eigenvalue weighted by atomic mass is 32.2. The first-order valence-electron chi connectivity index (χ1n) is 5.62. The van der Waals surface area contributed by atoms with E-state index in [2.05, 4.69) is 10.2 Å². The largest absolute Gasteiger partial charge is 0.497 e. The van der Waals surface area contributed by atoms with E-state index in [-0.39, 0.29) is 6.04 Å². The monoisotopic (exact) mass is 313 g/mol. The second kappa shape index (κ2) is 7.14. The van der Waals surface area contributed by atoms with Crippen molar-refractivity contribution in [2.45, 2.75) is 14.7 Å². The molecule has 0 aliphatic heterocycles. The van der Waals surface area contributed by atoms with Crippen LogP contribution in [-0.2, 0) is 0 Å². The maximum absolute atomic E-state index is 6.18. The van der Waals surface area contributed by atoms with Crippen molar-refractivity contribution in [3.63, 3.8) is 0 Å². The second-order valence-electron chi connectivity index (χ2n) is 3.73. The van der Waals surface area contributed by atoms with Gasteiger partial charge in [0, 0.05) is 11.8 Å². The molecule has 1 unspecified atom stereocenters. The number of ether oxygens (including phenoxy) is 1. The van der Waals surface area contributed by atoms with Gasteiger partial charge in [0.05, 0.1) is 7.11 Å². The van der Waals surface area contributed by atoms with E-state index in [1.54, 1.807) is 42.0 Å². The standard InChI is InChI=1S/C12H15N3OS3/c1-16-9-5-3-4-8(6-9)10(13)7-18-12-15-14-11(17-2)19-12/h3-6,10H,7,13H2,1-2H3. The predicted octanol–water partition coefficient (Wildman–Crippen LogP) is 3.06. The minimum Gasteiger partial charge on any atom is -0.497 e. The molecule has 0 spiro atoms. The molecule has 2 rings (SSSR count). The molecule has 0 saturated heterocycles. The zero-order valence-electron chi connectivity index (χ0n) is 10.7. The molecule has 1 heterocycles. The van der Waals surface area contributed by atoms with E-state index >= 15 is 0 Å². The molecule has 0 bridgehead atoms. The van der Waals surface area contributed by atoms with Crippen molar-refractivity contribution in [2.24, 2.45) is 5.73 Å². The van der Waals surface area contributed by atoms with Gasteiger partial charge in [0.25, 0.3) is 0 Å². The van der Waals surface area contributed by atoms with Crippen LogP contribution in [0.15, 0.2) is 32.9 Å². The van der Waals surface area contributed by atoms with Crippen molar-refractivity contribution in [2.75, 3.05) is 19.1 Å². The molecule has 1 atom stereocenters. The maximum atomic E-state index is 6.18. The number of hydrogen-bond donors (Lipinski definition) is 1. The Morgan fingerprint density at radius 1 is 1.37 bits per heavy atom. The molecule has 102 valence electrons. The summed E-state index contributed by atoms with van der Waals surface area (Å²) in [6.45, 7) is 0. The lowest BCUT2D eigenvalue weighted by atomic mass is 10.1. The van der Waals surface area contributed by atoms with Gasteiger partial charge in [-0.15, -0.1) is 10.2 Å². The summed E-state index contributed by atoms with van der Waals surface area (Å²) in [4.78, 5) is 0. The summed E-state index contributed by atoms with van der Waals surface area (Å²) in [7, 11) is 1.66. The summed E-state index contributed by atoms with van der Waals surface area (Å²) in [6, 6.07) is 7.82. The van der Waals surface area contributed by atoms with E-state index in [1.807, 2.05) is 30.5 Å². The van der Waals surface area contributed by atoms with Gasteiger partial charge in [-0.25, -0.2) is 0 Å². The lowest BCUT2D eigenvalue weighted by molar-refractivity contribution is 0.414. The van der Waals surface area contributed by atoms with Gasteiger partial charge in [-0.1, -0.05) is 47.0 Å². The smallest absolute Gasteiger partial charge is 0.175 e. The van der Waals surface area contributed by atoms with Crippen LogP contribution >= 0.6 is 34.9 Å². The van der Waals surface area contributed by atoms with E-state index in [1.165, 1.54) is 0 Å². The number of rotatable bonds is 6. The minimum absolute atomic E-state index is 0.0401. The molecule has 0 radical (unpaired) electrons. The van der Waals surface area contributed by atoms with Gasteiger partial charge in [0.15, 0.2) is 8.68 Å². The Hall–Kier alpha value is -0.760. The van der Waals surface area contributed by atoms with E-state index in [0.717, 1.165) is 25.7 Å². The van der Waals surface area contributed by atoms with Crippen LogP contribution in [0.2, 0.25) is 0 Å². The fraction of sp³-hybridized carbons (Fsp3) is 0.333. The summed E-state index contributed by atoms with van der Waals surface area (Å²) >= 11 is 4.85. The predicted molar refractivity (Wildman–Crippen MR) is 82.3 cm³/mol. The Kier molecular flexibility index (Phi) is 5.50. The summed E-state index contributed by atoms with van der Waals surface area (Å²) in [5.41, 5.74) is 7.25. The van der Waals surface area contributed by atoms with Crippen molar-refractivity contribution in [3.05, 3.63) is 29.8 Å². The summed E-state index contributed by atoms with van der Waals surface area (Å²) in [5, 5.41) is 8.18. The highest BCUT2D eigenvalue weighted by molar-refractivity contribution is 8.02. The van der Waals surface area contributed by atoms with Gasteiger partial charge in [0.1, 0.15) is 5.75 Å². The first kappa shape index (κ1) is 14.6. The number of nitrogens with two attached hydrogens (primary N) is 1. The summed E-state index contributed by atoms with van der Waals surface area (Å²) in [5.74, 6) is 1.61. The molecule has 0 aliphatic rings. The molecule has 2 N–H and O–H groups in total. The lowest BCUT2D eigenvalue weighted by Crippen LogP contribution is -2.12. The van der Waals surface area contributed by atoms with Crippen LogP contribution in [0.5, 0.6) is 5.75 Å². The Labute approximate surface area is 125 Å². The van der Waals surface area contributed by atoms with Gasteiger partial charge < -0.3 is 10.5 Å². The van der Waals surface area contributed by atoms with Crippen molar-refractivity contribution < 1.29 is 4.74 Å². The first-order valence-corrected chi connectivity index (χ1v) is 8.65. The molecule has 0 amide bonds. The normalized spacial score (nSPS) is 12.4. The van der Waals surface area contributed by atoms with Crippen LogP contribution in [0.4, 0.5) is 0 Å². The fourth-order valence-electron chi connectivity index (χ4n) is 1.47. The fourth-order valence-corrected chi connectivity index (χ4v) is 3.92. The maximum Gasteiger partial charge on any atom is 0.175 e. The van der Waals surface area contributed by atoms with Crippen molar-refractivity contribution in [3.8, 4) is 5.75 Å². The van der Waals surface area contributed by atoms with Gasteiger partial charge in [-0.3, -0.25) is 0 Å². The number of hydrogen-bond acceptors (Lipinski definition) is 7. The van der Waals surface area contributed by atoms with Gasteiger partial charge >= 0.3 is 0 Å². The molecule has 4 nitrogen and oxygen atoms in total. The van der Waals surface area contributed by atoms with Crippen LogP contribution in [0, 0.1) is 0 Å². The molecule has 2 aromatic rings. The second-order valence-corrected chi connectivity index (χ2v) is 7.03. The molecule has 0 saturated carbocycles. The number of nitrogens with zero attached hydrogens (tertiary/aromatic N) is 2. The number of benzene rings is 1. The van der Waals surface area contributed by atoms with Gasteiger partial charge in [-0.2, -0.15) is 0 Å². The number of methoxy groups -OCH3 is 1. The highest BCUT2D eigenvalue weighted by Gasteiger charge is 2.10. The van der Waals surface area contributed by atoms with E-state index < -0.39 is 0 Å². The number of thioether (sulfide) groups is 2. The molecule has 1 aromatic heterocycles. The number of aromatic nitrogens is 2. The van der Waals surface area contributed by atoms with Crippen LogP contribution in [0.25, 0.3) is 0 Å². The summed E-state index contributed by atoms with van der Waals surface area (Å²) < 4.78 is 7.14. The van der Waals surface area contributed by atoms with Crippen molar-refractivity contribution in [1.29, 1.82) is 0 Å². The third-order valence-electron chi connectivity index (χ3n) is 2.47. The quantitative estimate of drug-likeness (QED) is 0.827. The molecule has 7 heteroatoms. The molecular formula is C12H15N3OS3. The minimum atomic E-state index is -0.0401. The van der Waals surface area contributed by atoms with Crippen LogP contribution in [0.1, 0.15) is 11.6 Å². The third-order valence-corrected chi connectivity index (χ3v) is 5.62. The van der Waals surface area contributed by atoms with Crippen molar-refractivity contribution in [1.82, 2.24) is 10.2 Å². The zero-order chi connectivity index (χ0) is 13.7. The van der Waals surface area contributed by atoms with Crippen LogP contribution in [-0.4, -0.2) is 29.3 Å². The third kappa shape index (κ3) is 4.10. The van der Waals surface area contributed by atoms with E-state index in [4.69, 9.17) is 10.5 Å². The topological polar surface area (TPSA) is 61.0 Å². The first-order chi connectivity index (χ1) is 9.22. The SMILES string of the molecule is COc1cccc(C(N)CSc2nnc(SC)s2)c1. The van der Waals surface area contributed by atoms with E-state index in [0.29, 0.717) is 0 Å². The molecule has 19 heavy (non-hydrogen) atoms. The highest BCUT2D eigenvalue weighted by Crippen LogP contribution is 2.30. The lowest BCUT2D eigenvalue weighted by Gasteiger charge is -2.11. The van der Waals surface area contributed by atoms with E-state index in [9.17, 15) is 0 Å². The average molecular weight is 313 g/mol. The Morgan fingerprint density at radius 3 is 2.84 bits per heavy atom. The molecule has 0 aliphatic carbocycles. The zero-order valence-corrected chi connectivity index (χ0v) is 13.1. The average Bonchev–Trinajstić information content (AvgIpc) is 2.93. The Bertz CT molecular complexity index is 532. The summed E-state index contributed by atoms with van der Waals surface area (Å²) in [6.07, 6.45) is 2.00. The molecule has 1 aromatic carbocycles. The van der Waals surface area contributed by atoms with Crippen LogP contribution < -0.4 is 10.5 Å². The van der Waals surface area contributed by atoms with Gasteiger partial charge in [-0.05, 0) is 24.0 Å². The molecule has 0 fully saturated rings. The Morgan fingerprint density at radius 2 is 2.16 bits per heavy atom.